The molecule has 3 aliphatic heterocycles. The number of aliphatic hydroxyl groups is 1. The van der Waals surface area contributed by atoms with Gasteiger partial charge in [-0.05, 0) is 31.2 Å². The summed E-state index contributed by atoms with van der Waals surface area (Å²) in [5, 5.41) is 17.6. The molecule has 0 bridgehead atoms. The molecule has 0 radical (unpaired) electrons. The van der Waals surface area contributed by atoms with E-state index in [0.717, 1.165) is 0 Å². The van der Waals surface area contributed by atoms with Gasteiger partial charge in [0.25, 0.3) is 0 Å². The largest absolute Gasteiger partial charge is 0.459 e. The summed E-state index contributed by atoms with van der Waals surface area (Å²) in [4.78, 5) is 31.4. The van der Waals surface area contributed by atoms with Crippen LogP contribution in [0, 0.1) is 0 Å². The summed E-state index contributed by atoms with van der Waals surface area (Å²) in [5.74, 6) is -0.214. The zero-order valence-electron chi connectivity index (χ0n) is 19.5. The van der Waals surface area contributed by atoms with Crippen LogP contribution >= 0.6 is 0 Å². The van der Waals surface area contributed by atoms with E-state index in [1.165, 1.54) is 0 Å². The molecule has 5 atom stereocenters. The highest BCUT2D eigenvalue weighted by molar-refractivity contribution is 5.98. The first kappa shape index (κ1) is 23.6. The lowest BCUT2D eigenvalue weighted by molar-refractivity contribution is -0.0868. The number of benzene rings is 2. The van der Waals surface area contributed by atoms with E-state index in [-0.39, 0.29) is 19.4 Å². The van der Waals surface area contributed by atoms with Crippen LogP contribution in [0.3, 0.4) is 0 Å². The van der Waals surface area contributed by atoms with Crippen molar-refractivity contribution in [3.63, 3.8) is 0 Å². The number of nitrogens with zero attached hydrogens (tertiary/aromatic N) is 2. The lowest BCUT2D eigenvalue weighted by Crippen LogP contribution is -2.48. The van der Waals surface area contributed by atoms with Crippen molar-refractivity contribution in [1.82, 2.24) is 15.5 Å². The van der Waals surface area contributed by atoms with E-state index in [1.807, 2.05) is 6.92 Å². The minimum Gasteiger partial charge on any atom is -0.459 e. The van der Waals surface area contributed by atoms with Crippen LogP contribution in [0.1, 0.15) is 27.6 Å². The molecule has 2 aromatic carbocycles. The van der Waals surface area contributed by atoms with Crippen molar-refractivity contribution < 1.29 is 28.9 Å². The zero-order valence-corrected chi connectivity index (χ0v) is 19.5. The molecule has 5 N–H and O–H groups in total. The fourth-order valence-electron chi connectivity index (χ4n) is 4.40. The van der Waals surface area contributed by atoms with Gasteiger partial charge in [-0.2, -0.15) is 0 Å². The maximum absolute atomic E-state index is 12.8. The van der Waals surface area contributed by atoms with Gasteiger partial charge in [-0.1, -0.05) is 36.4 Å². The second kappa shape index (κ2) is 9.88. The van der Waals surface area contributed by atoms with Crippen LogP contribution in [0.25, 0.3) is 0 Å². The second-order valence-electron chi connectivity index (χ2n) is 8.62. The SMILES string of the molecule is CC1N=C(N)C2=C(N1)N([C@@H]1O[C@H](COC(=O)c3ccccc3)C(OC(=O)c3ccccc3)C1O)CN2. The lowest BCUT2D eigenvalue weighted by atomic mass is 10.1. The van der Waals surface area contributed by atoms with Crippen molar-refractivity contribution in [2.24, 2.45) is 10.7 Å². The van der Waals surface area contributed by atoms with Crippen LogP contribution in [0.2, 0.25) is 0 Å². The van der Waals surface area contributed by atoms with Gasteiger partial charge >= 0.3 is 11.9 Å². The number of carbonyl (C=O) groups is 2. The van der Waals surface area contributed by atoms with Crippen LogP contribution in [-0.2, 0) is 14.2 Å². The van der Waals surface area contributed by atoms with Gasteiger partial charge in [-0.25, -0.2) is 14.6 Å². The predicted octanol–water partition coefficient (Wildman–Crippen LogP) is 0.493. The number of carbonyl (C=O) groups excluding carboxylic acids is 2. The molecule has 36 heavy (non-hydrogen) atoms. The number of aliphatic hydroxyl groups excluding tert-OH is 1. The van der Waals surface area contributed by atoms with Crippen LogP contribution < -0.4 is 16.4 Å². The van der Waals surface area contributed by atoms with Crippen LogP contribution in [0.15, 0.2) is 77.2 Å². The Morgan fingerprint density at radius 2 is 1.75 bits per heavy atom. The smallest absolute Gasteiger partial charge is 0.338 e. The van der Waals surface area contributed by atoms with E-state index in [9.17, 15) is 14.7 Å². The minimum absolute atomic E-state index is 0.228. The number of hydrogen-bond acceptors (Lipinski definition) is 11. The molecule has 0 spiro atoms. The Bertz CT molecular complexity index is 1190. The fourth-order valence-corrected chi connectivity index (χ4v) is 4.40. The number of nitrogens with one attached hydrogen (secondary N) is 2. The molecule has 3 aliphatic rings. The van der Waals surface area contributed by atoms with Gasteiger partial charge in [0.1, 0.15) is 42.3 Å². The molecule has 3 heterocycles. The number of rotatable bonds is 6. The summed E-state index contributed by atoms with van der Waals surface area (Å²) in [7, 11) is 0. The van der Waals surface area contributed by atoms with Crippen molar-refractivity contribution in [2.45, 2.75) is 37.6 Å². The number of nitrogens with two attached hydrogens (primary N) is 1. The molecule has 1 saturated heterocycles. The molecular weight excluding hydrogens is 466 g/mol. The first-order chi connectivity index (χ1) is 17.4. The molecule has 1 fully saturated rings. The molecule has 188 valence electrons. The van der Waals surface area contributed by atoms with Crippen molar-refractivity contribution in [1.29, 1.82) is 0 Å². The molecule has 11 heteroatoms. The second-order valence-corrected chi connectivity index (χ2v) is 8.62. The summed E-state index contributed by atoms with van der Waals surface area (Å²) < 4.78 is 17.3. The highest BCUT2D eigenvalue weighted by atomic mass is 16.6. The van der Waals surface area contributed by atoms with Crippen LogP contribution in [-0.4, -0.2) is 71.8 Å². The third-order valence-corrected chi connectivity index (χ3v) is 6.14. The summed E-state index contributed by atoms with van der Waals surface area (Å²) in [6, 6.07) is 17.0. The van der Waals surface area contributed by atoms with Gasteiger partial charge in [-0.3, -0.25) is 0 Å². The molecular formula is C25H27N5O6. The van der Waals surface area contributed by atoms with E-state index in [1.54, 1.807) is 65.6 Å². The molecule has 0 amide bonds. The van der Waals surface area contributed by atoms with E-state index in [0.29, 0.717) is 28.5 Å². The number of hydrogen-bond donors (Lipinski definition) is 4. The van der Waals surface area contributed by atoms with Gasteiger partial charge in [0.15, 0.2) is 12.3 Å². The van der Waals surface area contributed by atoms with Crippen LogP contribution in [0.5, 0.6) is 0 Å². The average Bonchev–Trinajstić information content (AvgIpc) is 3.44. The third-order valence-electron chi connectivity index (χ3n) is 6.14. The quantitative estimate of drug-likeness (QED) is 0.419. The number of ether oxygens (including phenoxy) is 3. The highest BCUT2D eigenvalue weighted by Gasteiger charge is 2.51. The van der Waals surface area contributed by atoms with Gasteiger partial charge in [0.05, 0.1) is 17.8 Å². The minimum atomic E-state index is -1.25. The van der Waals surface area contributed by atoms with Gasteiger partial charge in [-0.15, -0.1) is 0 Å². The van der Waals surface area contributed by atoms with Gasteiger partial charge < -0.3 is 40.6 Å². The van der Waals surface area contributed by atoms with Crippen molar-refractivity contribution >= 4 is 17.8 Å². The monoisotopic (exact) mass is 493 g/mol. The number of esters is 2. The molecule has 0 aromatic heterocycles. The normalized spacial score (nSPS) is 27.0. The molecule has 0 aliphatic carbocycles. The molecule has 5 rings (SSSR count). The Morgan fingerprint density at radius 1 is 1.11 bits per heavy atom. The average molecular weight is 494 g/mol. The summed E-state index contributed by atoms with van der Waals surface area (Å²) in [6.07, 6.45) is -4.45. The predicted molar refractivity (Wildman–Crippen MR) is 128 cm³/mol. The highest BCUT2D eigenvalue weighted by Crippen LogP contribution is 2.32. The fraction of sp³-hybridized carbons (Fsp3) is 0.320. The molecule has 11 nitrogen and oxygen atoms in total. The van der Waals surface area contributed by atoms with Crippen molar-refractivity contribution in [3.8, 4) is 0 Å². The summed E-state index contributed by atoms with van der Waals surface area (Å²) in [6.45, 7) is 1.89. The number of aliphatic imine (C=N–C) groups is 1. The van der Waals surface area contributed by atoms with E-state index >= 15 is 0 Å². The summed E-state index contributed by atoms with van der Waals surface area (Å²) in [5.41, 5.74) is 7.36. The standard InChI is InChI=1S/C25H27N5O6/c1-14-28-21(26)18-22(29-14)30(13-27-18)23-19(31)20(36-25(33)16-10-6-3-7-11-16)17(35-23)12-34-24(32)15-8-4-2-5-9-15/h2-11,14,17,19-20,23,27,29,31H,12-13H2,1H3,(H2,26,28)/t14?,17-,19?,20?,23-/m1/s1. The number of amidine groups is 1. The summed E-state index contributed by atoms with van der Waals surface area (Å²) >= 11 is 0. The molecule has 0 saturated carbocycles. The first-order valence-corrected chi connectivity index (χ1v) is 11.6. The maximum Gasteiger partial charge on any atom is 0.338 e. The van der Waals surface area contributed by atoms with Gasteiger partial charge in [0.2, 0.25) is 0 Å². The van der Waals surface area contributed by atoms with E-state index in [2.05, 4.69) is 15.6 Å². The topological polar surface area (TPSA) is 148 Å². The third kappa shape index (κ3) is 4.58. The molecule has 3 unspecified atom stereocenters. The van der Waals surface area contributed by atoms with E-state index < -0.39 is 36.5 Å². The zero-order chi connectivity index (χ0) is 25.2. The Morgan fingerprint density at radius 3 is 2.42 bits per heavy atom. The molecule has 2 aromatic rings. The maximum atomic E-state index is 12.8. The van der Waals surface area contributed by atoms with Gasteiger partial charge in [0, 0.05) is 0 Å². The first-order valence-electron chi connectivity index (χ1n) is 11.6. The Balaban J connectivity index is 1.36. The Labute approximate surface area is 207 Å². The lowest BCUT2D eigenvalue weighted by Gasteiger charge is -2.32. The Kier molecular flexibility index (Phi) is 6.49. The van der Waals surface area contributed by atoms with Crippen molar-refractivity contribution in [2.75, 3.05) is 13.3 Å². The van der Waals surface area contributed by atoms with Crippen molar-refractivity contribution in [3.05, 3.63) is 83.3 Å². The van der Waals surface area contributed by atoms with Crippen LogP contribution in [0.4, 0.5) is 0 Å². The Hall–Kier alpha value is -4.09. The van der Waals surface area contributed by atoms with E-state index in [4.69, 9.17) is 19.9 Å².